The van der Waals surface area contributed by atoms with Gasteiger partial charge < -0.3 is 24.8 Å². The van der Waals surface area contributed by atoms with Crippen molar-refractivity contribution in [3.8, 4) is 5.75 Å². The van der Waals surface area contributed by atoms with E-state index in [0.717, 1.165) is 24.2 Å². The molecule has 2 aliphatic carbocycles. The smallest absolute Gasteiger partial charge is 0.230 e. The summed E-state index contributed by atoms with van der Waals surface area (Å²) in [4.78, 5) is 27.5. The van der Waals surface area contributed by atoms with Crippen molar-refractivity contribution in [1.29, 1.82) is 0 Å². The van der Waals surface area contributed by atoms with Gasteiger partial charge in [-0.3, -0.25) is 9.59 Å². The molecule has 0 spiro atoms. The first-order chi connectivity index (χ1) is 13.5. The average Bonchev–Trinajstić information content (AvgIpc) is 3.47. The standard InChI is InChI=1S/C21H28N2O5/c1-27-16-4-2-15(3-5-16)21(6-7-21)20(26)22-17-12-14(13-18(17)24)19(25)23-8-10-28-11-9-23/h2-5,14,17-18,24H,6-13H2,1H3,(H,22,26)/t14-,17+,18+/m0/s1. The van der Waals surface area contributed by atoms with E-state index in [1.54, 1.807) is 7.11 Å². The molecular formula is C21H28N2O5. The van der Waals surface area contributed by atoms with Crippen molar-refractivity contribution >= 4 is 11.8 Å². The molecule has 7 heteroatoms. The third kappa shape index (κ3) is 3.61. The summed E-state index contributed by atoms with van der Waals surface area (Å²) in [6, 6.07) is 7.22. The van der Waals surface area contributed by atoms with Crippen molar-refractivity contribution < 1.29 is 24.2 Å². The van der Waals surface area contributed by atoms with Gasteiger partial charge in [-0.2, -0.15) is 0 Å². The van der Waals surface area contributed by atoms with E-state index in [1.807, 2.05) is 29.2 Å². The third-order valence-corrected chi connectivity index (χ3v) is 6.34. The molecule has 1 aliphatic heterocycles. The van der Waals surface area contributed by atoms with Crippen molar-refractivity contribution in [2.24, 2.45) is 5.92 Å². The summed E-state index contributed by atoms with van der Waals surface area (Å²) in [7, 11) is 1.62. The fourth-order valence-corrected chi connectivity index (χ4v) is 4.40. The molecule has 1 saturated heterocycles. The molecule has 7 nitrogen and oxygen atoms in total. The number of nitrogens with one attached hydrogen (secondary N) is 1. The average molecular weight is 388 g/mol. The summed E-state index contributed by atoms with van der Waals surface area (Å²) < 4.78 is 10.5. The van der Waals surface area contributed by atoms with Gasteiger partial charge in [-0.05, 0) is 43.4 Å². The lowest BCUT2D eigenvalue weighted by Crippen LogP contribution is -2.45. The lowest BCUT2D eigenvalue weighted by Gasteiger charge is -2.29. The number of hydrogen-bond donors (Lipinski definition) is 2. The van der Waals surface area contributed by atoms with Gasteiger partial charge in [0, 0.05) is 19.0 Å². The molecule has 1 aromatic carbocycles. The Morgan fingerprint density at radius 3 is 2.46 bits per heavy atom. The normalized spacial score (nSPS) is 28.6. The number of nitrogens with zero attached hydrogens (tertiary/aromatic N) is 1. The van der Waals surface area contributed by atoms with Crippen LogP contribution in [0.3, 0.4) is 0 Å². The fraction of sp³-hybridized carbons (Fsp3) is 0.619. The van der Waals surface area contributed by atoms with Gasteiger partial charge >= 0.3 is 0 Å². The fourth-order valence-electron chi connectivity index (χ4n) is 4.40. The number of morpholine rings is 1. The number of aliphatic hydroxyl groups excluding tert-OH is 1. The number of carbonyl (C=O) groups is 2. The van der Waals surface area contributed by atoms with Crippen LogP contribution in [0.25, 0.3) is 0 Å². The van der Waals surface area contributed by atoms with Crippen LogP contribution in [0.1, 0.15) is 31.2 Å². The molecule has 3 fully saturated rings. The summed E-state index contributed by atoms with van der Waals surface area (Å²) in [6.07, 6.45) is 1.79. The highest BCUT2D eigenvalue weighted by molar-refractivity contribution is 5.91. The van der Waals surface area contributed by atoms with Crippen molar-refractivity contribution in [1.82, 2.24) is 10.2 Å². The number of benzene rings is 1. The van der Waals surface area contributed by atoms with Gasteiger partial charge in [0.05, 0.1) is 37.9 Å². The first-order valence-electron chi connectivity index (χ1n) is 10.0. The Morgan fingerprint density at radius 2 is 1.86 bits per heavy atom. The third-order valence-electron chi connectivity index (χ3n) is 6.34. The predicted octanol–water partition coefficient (Wildman–Crippen LogP) is 0.841. The van der Waals surface area contributed by atoms with Gasteiger partial charge in [0.1, 0.15) is 5.75 Å². The maximum absolute atomic E-state index is 13.0. The first kappa shape index (κ1) is 19.2. The van der Waals surface area contributed by atoms with E-state index in [0.29, 0.717) is 39.1 Å². The zero-order valence-electron chi connectivity index (χ0n) is 16.2. The summed E-state index contributed by atoms with van der Waals surface area (Å²) in [5.41, 5.74) is 0.456. The van der Waals surface area contributed by atoms with Gasteiger partial charge in [0.2, 0.25) is 11.8 Å². The van der Waals surface area contributed by atoms with Crippen LogP contribution < -0.4 is 10.1 Å². The second-order valence-corrected chi connectivity index (χ2v) is 8.06. The highest BCUT2D eigenvalue weighted by Gasteiger charge is 2.52. The van der Waals surface area contributed by atoms with E-state index in [9.17, 15) is 14.7 Å². The van der Waals surface area contributed by atoms with Gasteiger partial charge in [-0.25, -0.2) is 0 Å². The molecule has 2 amide bonds. The minimum Gasteiger partial charge on any atom is -0.497 e. The number of aliphatic hydroxyl groups is 1. The Morgan fingerprint density at radius 1 is 1.18 bits per heavy atom. The van der Waals surface area contributed by atoms with Crippen LogP contribution in [-0.4, -0.2) is 67.4 Å². The Bertz CT molecular complexity index is 725. The van der Waals surface area contributed by atoms with Gasteiger partial charge in [-0.1, -0.05) is 12.1 Å². The monoisotopic (exact) mass is 388 g/mol. The Labute approximate surface area is 165 Å². The predicted molar refractivity (Wildman–Crippen MR) is 102 cm³/mol. The maximum Gasteiger partial charge on any atom is 0.230 e. The molecule has 0 aromatic heterocycles. The second-order valence-electron chi connectivity index (χ2n) is 8.06. The number of methoxy groups -OCH3 is 1. The molecule has 1 aromatic rings. The number of carbonyl (C=O) groups excluding carboxylic acids is 2. The van der Waals surface area contributed by atoms with Crippen molar-refractivity contribution in [2.75, 3.05) is 33.4 Å². The highest BCUT2D eigenvalue weighted by Crippen LogP contribution is 2.49. The highest BCUT2D eigenvalue weighted by atomic mass is 16.5. The number of rotatable bonds is 5. The Hall–Kier alpha value is -2.12. The van der Waals surface area contributed by atoms with E-state index in [1.165, 1.54) is 0 Å². The quantitative estimate of drug-likeness (QED) is 0.781. The Balaban J connectivity index is 1.38. The number of amides is 2. The van der Waals surface area contributed by atoms with E-state index < -0.39 is 11.5 Å². The minimum atomic E-state index is -0.689. The van der Waals surface area contributed by atoms with Gasteiger partial charge in [-0.15, -0.1) is 0 Å². The van der Waals surface area contributed by atoms with Crippen LogP contribution in [-0.2, 0) is 19.7 Å². The molecule has 152 valence electrons. The van der Waals surface area contributed by atoms with E-state index in [-0.39, 0.29) is 23.8 Å². The van der Waals surface area contributed by atoms with Crippen LogP contribution in [0.5, 0.6) is 5.75 Å². The van der Waals surface area contributed by atoms with Crippen molar-refractivity contribution in [2.45, 2.75) is 43.2 Å². The van der Waals surface area contributed by atoms with Crippen LogP contribution in [0.2, 0.25) is 0 Å². The molecule has 1 heterocycles. The topological polar surface area (TPSA) is 88.1 Å². The van der Waals surface area contributed by atoms with E-state index in [2.05, 4.69) is 5.32 Å². The largest absolute Gasteiger partial charge is 0.497 e. The molecule has 4 rings (SSSR count). The maximum atomic E-state index is 13.0. The number of hydrogen-bond acceptors (Lipinski definition) is 5. The van der Waals surface area contributed by atoms with E-state index in [4.69, 9.17) is 9.47 Å². The molecule has 3 atom stereocenters. The van der Waals surface area contributed by atoms with Crippen LogP contribution >= 0.6 is 0 Å². The molecule has 2 N–H and O–H groups in total. The molecule has 0 radical (unpaired) electrons. The zero-order valence-corrected chi connectivity index (χ0v) is 16.2. The molecule has 0 bridgehead atoms. The number of ether oxygens (including phenoxy) is 2. The lowest BCUT2D eigenvalue weighted by atomic mass is 9.94. The molecule has 2 saturated carbocycles. The second kappa shape index (κ2) is 7.72. The molecule has 0 unspecified atom stereocenters. The lowest BCUT2D eigenvalue weighted by molar-refractivity contribution is -0.139. The SMILES string of the molecule is COc1ccc(C2(C(=O)N[C@@H]3C[C@H](C(=O)N4CCOCC4)C[C@H]3O)CC2)cc1. The molecular weight excluding hydrogens is 360 g/mol. The van der Waals surface area contributed by atoms with Crippen LogP contribution in [0.4, 0.5) is 0 Å². The minimum absolute atomic E-state index is 0.0545. The van der Waals surface area contributed by atoms with Gasteiger partial charge in [0.25, 0.3) is 0 Å². The summed E-state index contributed by atoms with van der Waals surface area (Å²) >= 11 is 0. The summed E-state index contributed by atoms with van der Waals surface area (Å²) in [5, 5.41) is 13.5. The summed E-state index contributed by atoms with van der Waals surface area (Å²) in [5.74, 6) is 0.529. The van der Waals surface area contributed by atoms with Crippen molar-refractivity contribution in [3.05, 3.63) is 29.8 Å². The van der Waals surface area contributed by atoms with Gasteiger partial charge in [0.15, 0.2) is 0 Å². The van der Waals surface area contributed by atoms with Crippen molar-refractivity contribution in [3.63, 3.8) is 0 Å². The molecule has 3 aliphatic rings. The van der Waals surface area contributed by atoms with E-state index >= 15 is 0 Å². The van der Waals surface area contributed by atoms with Crippen LogP contribution in [0, 0.1) is 5.92 Å². The van der Waals surface area contributed by atoms with Crippen LogP contribution in [0.15, 0.2) is 24.3 Å². The summed E-state index contributed by atoms with van der Waals surface area (Å²) in [6.45, 7) is 2.32. The first-order valence-corrected chi connectivity index (χ1v) is 10.0. The zero-order chi connectivity index (χ0) is 19.7. The Kier molecular flexibility index (Phi) is 5.29. The molecule has 28 heavy (non-hydrogen) atoms.